The Morgan fingerprint density at radius 1 is 0.605 bits per heavy atom. The van der Waals surface area contributed by atoms with Crippen LogP contribution in [0.25, 0.3) is 0 Å². The van der Waals surface area contributed by atoms with Gasteiger partial charge in [-0.25, -0.2) is 0 Å². The lowest BCUT2D eigenvalue weighted by Crippen LogP contribution is -2.28. The summed E-state index contributed by atoms with van der Waals surface area (Å²) in [5, 5.41) is 8.52. The van der Waals surface area contributed by atoms with Gasteiger partial charge in [-0.1, -0.05) is 157 Å². The summed E-state index contributed by atoms with van der Waals surface area (Å²) in [4.78, 5) is 24.3. The van der Waals surface area contributed by atoms with Crippen molar-refractivity contribution in [1.29, 1.82) is 0 Å². The molecule has 0 saturated carbocycles. The average molecular weight is 524 g/mol. The van der Waals surface area contributed by atoms with E-state index in [1.807, 2.05) is 60.7 Å². The molecule has 0 aliphatic rings. The third kappa shape index (κ3) is 16.3. The molecular formula is C34H53NO3. The number of carboxylic acid groups (broad SMARTS) is 1. The van der Waals surface area contributed by atoms with Gasteiger partial charge in [0, 0.05) is 20.5 Å². The molecule has 0 bridgehead atoms. The van der Waals surface area contributed by atoms with E-state index in [1.54, 1.807) is 19.0 Å². The third-order valence-corrected chi connectivity index (χ3v) is 6.95. The van der Waals surface area contributed by atoms with Crippen LogP contribution in [0.2, 0.25) is 0 Å². The normalized spacial score (nSPS) is 10.6. The van der Waals surface area contributed by atoms with Gasteiger partial charge < -0.3 is 10.0 Å². The second kappa shape index (κ2) is 22.4. The second-order valence-electron chi connectivity index (χ2n) is 10.6. The zero-order valence-electron chi connectivity index (χ0n) is 24.4. The Balaban J connectivity index is 0.000000381. The molecule has 38 heavy (non-hydrogen) atoms. The van der Waals surface area contributed by atoms with Crippen molar-refractivity contribution in [3.63, 3.8) is 0 Å². The number of carbonyl (C=O) groups excluding carboxylic acids is 1. The maximum absolute atomic E-state index is 12.4. The van der Waals surface area contributed by atoms with E-state index in [1.165, 1.54) is 83.5 Å². The number of carbonyl (C=O) groups is 2. The fourth-order valence-electron chi connectivity index (χ4n) is 4.67. The maximum atomic E-state index is 12.4. The van der Waals surface area contributed by atoms with Gasteiger partial charge in [-0.05, 0) is 17.5 Å². The number of unbranched alkanes of at least 4 members (excludes halogenated alkanes) is 14. The van der Waals surface area contributed by atoms with Gasteiger partial charge >= 0.3 is 5.97 Å². The third-order valence-electron chi connectivity index (χ3n) is 6.95. The van der Waals surface area contributed by atoms with Crippen molar-refractivity contribution in [2.75, 3.05) is 14.1 Å². The molecule has 2 rings (SSSR count). The molecule has 0 aliphatic carbocycles. The Hall–Kier alpha value is -2.62. The van der Waals surface area contributed by atoms with Crippen molar-refractivity contribution in [2.45, 2.75) is 116 Å². The topological polar surface area (TPSA) is 57.6 Å². The van der Waals surface area contributed by atoms with Gasteiger partial charge in [-0.15, -0.1) is 0 Å². The minimum absolute atomic E-state index is 0.104. The first-order chi connectivity index (χ1) is 18.5. The molecule has 0 radical (unpaired) electrons. The summed E-state index contributed by atoms with van der Waals surface area (Å²) in [6.45, 7) is 2.27. The van der Waals surface area contributed by atoms with Crippen molar-refractivity contribution >= 4 is 11.9 Å². The van der Waals surface area contributed by atoms with Crippen LogP contribution < -0.4 is 0 Å². The first kappa shape index (κ1) is 33.4. The lowest BCUT2D eigenvalue weighted by Gasteiger charge is -2.21. The van der Waals surface area contributed by atoms with Crippen LogP contribution in [0.5, 0.6) is 0 Å². The molecule has 4 heteroatoms. The molecule has 0 atom stereocenters. The molecule has 2 aromatic rings. The fourth-order valence-corrected chi connectivity index (χ4v) is 4.67. The van der Waals surface area contributed by atoms with Gasteiger partial charge in [0.2, 0.25) is 5.91 Å². The summed E-state index contributed by atoms with van der Waals surface area (Å²) < 4.78 is 0. The number of carboxylic acids is 1. The number of amides is 1. The quantitative estimate of drug-likeness (QED) is 0.187. The number of hydrogen-bond acceptors (Lipinski definition) is 2. The lowest BCUT2D eigenvalue weighted by atomic mass is 9.90. The SMILES string of the molecule is CCCCCCCCCCCCCCCCCC(=O)O.CN(C)C(=O)C(c1ccccc1)c1ccccc1. The van der Waals surface area contributed by atoms with Crippen LogP contribution in [0.3, 0.4) is 0 Å². The molecule has 1 amide bonds. The van der Waals surface area contributed by atoms with Crippen LogP contribution >= 0.6 is 0 Å². The number of hydrogen-bond donors (Lipinski definition) is 1. The van der Waals surface area contributed by atoms with E-state index in [2.05, 4.69) is 6.92 Å². The van der Waals surface area contributed by atoms with Crippen LogP contribution in [-0.4, -0.2) is 36.0 Å². The Labute approximate surface area is 232 Å². The lowest BCUT2D eigenvalue weighted by molar-refractivity contribution is -0.137. The predicted octanol–water partition coefficient (Wildman–Crippen LogP) is 9.24. The first-order valence-corrected chi connectivity index (χ1v) is 15.0. The highest BCUT2D eigenvalue weighted by Crippen LogP contribution is 2.26. The van der Waals surface area contributed by atoms with Crippen molar-refractivity contribution in [1.82, 2.24) is 4.90 Å². The minimum atomic E-state index is -0.653. The molecule has 0 unspecified atom stereocenters. The van der Waals surface area contributed by atoms with Crippen molar-refractivity contribution in [3.05, 3.63) is 71.8 Å². The summed E-state index contributed by atoms with van der Waals surface area (Å²) in [6.07, 6.45) is 20.2. The molecule has 0 heterocycles. The van der Waals surface area contributed by atoms with E-state index < -0.39 is 5.97 Å². The summed E-state index contributed by atoms with van der Waals surface area (Å²) >= 11 is 0. The Morgan fingerprint density at radius 2 is 0.947 bits per heavy atom. The predicted molar refractivity (Wildman–Crippen MR) is 161 cm³/mol. The van der Waals surface area contributed by atoms with E-state index in [4.69, 9.17) is 5.11 Å². The van der Waals surface area contributed by atoms with Crippen molar-refractivity contribution in [3.8, 4) is 0 Å². The zero-order valence-corrected chi connectivity index (χ0v) is 24.4. The highest BCUT2D eigenvalue weighted by Gasteiger charge is 2.23. The molecule has 0 spiro atoms. The van der Waals surface area contributed by atoms with E-state index in [0.29, 0.717) is 6.42 Å². The number of benzene rings is 2. The van der Waals surface area contributed by atoms with E-state index in [-0.39, 0.29) is 11.8 Å². The average Bonchev–Trinajstić information content (AvgIpc) is 2.92. The number of likely N-dealkylation sites (N-methyl/N-ethyl adjacent to an activating group) is 1. The molecule has 4 nitrogen and oxygen atoms in total. The summed E-state index contributed by atoms with van der Waals surface area (Å²) in [6, 6.07) is 19.8. The molecule has 0 aliphatic heterocycles. The Bertz CT molecular complexity index is 796. The highest BCUT2D eigenvalue weighted by atomic mass is 16.4. The van der Waals surface area contributed by atoms with Gasteiger partial charge in [0.25, 0.3) is 0 Å². The molecule has 2 aromatic carbocycles. The number of nitrogens with zero attached hydrogens (tertiary/aromatic N) is 1. The molecule has 0 aromatic heterocycles. The van der Waals surface area contributed by atoms with Crippen molar-refractivity contribution in [2.24, 2.45) is 0 Å². The molecule has 1 N–H and O–H groups in total. The fraction of sp³-hybridized carbons (Fsp3) is 0.588. The van der Waals surface area contributed by atoms with Gasteiger partial charge in [0.05, 0.1) is 5.92 Å². The van der Waals surface area contributed by atoms with Crippen molar-refractivity contribution < 1.29 is 14.7 Å². The van der Waals surface area contributed by atoms with E-state index in [0.717, 1.165) is 24.0 Å². The van der Waals surface area contributed by atoms with Crippen LogP contribution in [0.4, 0.5) is 0 Å². The van der Waals surface area contributed by atoms with Crippen LogP contribution in [0.1, 0.15) is 127 Å². The highest BCUT2D eigenvalue weighted by molar-refractivity contribution is 5.86. The Kier molecular flexibility index (Phi) is 19.7. The van der Waals surface area contributed by atoms with Gasteiger partial charge in [-0.2, -0.15) is 0 Å². The van der Waals surface area contributed by atoms with Gasteiger partial charge in [0.1, 0.15) is 0 Å². The summed E-state index contributed by atoms with van der Waals surface area (Å²) in [5.74, 6) is -0.769. The largest absolute Gasteiger partial charge is 0.481 e. The second-order valence-corrected chi connectivity index (χ2v) is 10.6. The standard InChI is InChI=1S/C18H36O2.C16H17NO/c1-2-3-4-5-6-7-8-9-10-11-12-13-14-15-16-17-18(19)20;1-17(2)16(18)15(13-9-5-3-6-10-13)14-11-7-4-8-12-14/h2-17H2,1H3,(H,19,20);3-12,15H,1-2H3. The molecule has 212 valence electrons. The van der Waals surface area contributed by atoms with Crippen LogP contribution in [-0.2, 0) is 9.59 Å². The van der Waals surface area contributed by atoms with Crippen LogP contribution in [0, 0.1) is 0 Å². The smallest absolute Gasteiger partial charge is 0.303 e. The monoisotopic (exact) mass is 523 g/mol. The molecule has 0 fully saturated rings. The maximum Gasteiger partial charge on any atom is 0.303 e. The number of rotatable bonds is 19. The van der Waals surface area contributed by atoms with Gasteiger partial charge in [-0.3, -0.25) is 9.59 Å². The molecule has 0 saturated heterocycles. The summed E-state index contributed by atoms with van der Waals surface area (Å²) in [7, 11) is 3.59. The van der Waals surface area contributed by atoms with E-state index in [9.17, 15) is 9.59 Å². The van der Waals surface area contributed by atoms with Crippen LogP contribution in [0.15, 0.2) is 60.7 Å². The van der Waals surface area contributed by atoms with Gasteiger partial charge in [0.15, 0.2) is 0 Å². The first-order valence-electron chi connectivity index (χ1n) is 15.0. The number of aliphatic carboxylic acids is 1. The zero-order chi connectivity index (χ0) is 27.8. The summed E-state index contributed by atoms with van der Waals surface area (Å²) in [5.41, 5.74) is 2.06. The molecular weight excluding hydrogens is 470 g/mol. The Morgan fingerprint density at radius 3 is 1.26 bits per heavy atom. The minimum Gasteiger partial charge on any atom is -0.481 e. The van der Waals surface area contributed by atoms with E-state index >= 15 is 0 Å².